The SMILES string of the molecule is O=C(O)CN(CCO)C(=O)[C@]12C[C@H](NC(=O)OCC3c4ccccc4-c4ccccc43)C[C@H]1C2. The third-order valence-corrected chi connectivity index (χ3v) is 7.49. The monoisotopic (exact) mass is 464 g/mol. The van der Waals surface area contributed by atoms with Crippen LogP contribution in [0.4, 0.5) is 4.79 Å². The average Bonchev–Trinajstić information content (AvgIpc) is 3.25. The molecule has 3 aliphatic rings. The Morgan fingerprint density at radius 1 is 1.03 bits per heavy atom. The highest BCUT2D eigenvalue weighted by Gasteiger charge is 2.66. The Morgan fingerprint density at radius 2 is 1.68 bits per heavy atom. The Balaban J connectivity index is 1.19. The molecule has 2 aromatic carbocycles. The number of hydrogen-bond acceptors (Lipinski definition) is 5. The molecule has 0 unspecified atom stereocenters. The van der Waals surface area contributed by atoms with Gasteiger partial charge < -0.3 is 25.2 Å². The van der Waals surface area contributed by atoms with E-state index in [0.717, 1.165) is 22.3 Å². The normalized spacial score (nSPS) is 24.0. The van der Waals surface area contributed by atoms with Gasteiger partial charge in [0.2, 0.25) is 5.91 Å². The Morgan fingerprint density at radius 3 is 2.29 bits per heavy atom. The maximum atomic E-state index is 13.0. The van der Waals surface area contributed by atoms with Crippen LogP contribution in [0.3, 0.4) is 0 Å². The predicted molar refractivity (Wildman–Crippen MR) is 123 cm³/mol. The average molecular weight is 465 g/mol. The Kier molecular flexibility index (Phi) is 5.77. The van der Waals surface area contributed by atoms with Crippen molar-refractivity contribution in [2.24, 2.45) is 11.3 Å². The molecule has 2 fully saturated rings. The third kappa shape index (κ3) is 3.92. The number of nitrogens with one attached hydrogen (secondary N) is 1. The summed E-state index contributed by atoms with van der Waals surface area (Å²) in [7, 11) is 0. The quantitative estimate of drug-likeness (QED) is 0.553. The Bertz CT molecular complexity index is 1090. The van der Waals surface area contributed by atoms with E-state index in [4.69, 9.17) is 9.84 Å². The first-order valence-corrected chi connectivity index (χ1v) is 11.7. The van der Waals surface area contributed by atoms with Gasteiger partial charge in [0, 0.05) is 18.5 Å². The van der Waals surface area contributed by atoms with Crippen LogP contribution in [0.1, 0.15) is 36.3 Å². The topological polar surface area (TPSA) is 116 Å². The number of aliphatic hydroxyl groups excluding tert-OH is 1. The summed E-state index contributed by atoms with van der Waals surface area (Å²) in [5.74, 6) is -1.26. The lowest BCUT2D eigenvalue weighted by atomic mass is 9.98. The summed E-state index contributed by atoms with van der Waals surface area (Å²) in [5, 5.41) is 21.2. The molecular weight excluding hydrogens is 436 g/mol. The second-order valence-corrected chi connectivity index (χ2v) is 9.51. The standard InChI is InChI=1S/C26H28N2O6/c29-10-9-28(14-23(30)31)24(32)26-12-16(26)11-17(13-26)27-25(33)34-15-22-20-7-3-1-5-18(20)19-6-2-4-8-21(19)22/h1-8,16-17,22,29H,9-15H2,(H,27,33)(H,30,31)/t16-,17+,26+/m0/s1. The van der Waals surface area contributed by atoms with E-state index in [2.05, 4.69) is 29.6 Å². The molecule has 5 rings (SSSR count). The van der Waals surface area contributed by atoms with Gasteiger partial charge in [0.1, 0.15) is 13.2 Å². The molecule has 2 saturated carbocycles. The van der Waals surface area contributed by atoms with Crippen LogP contribution in [-0.2, 0) is 14.3 Å². The summed E-state index contributed by atoms with van der Waals surface area (Å²) in [6.07, 6.45) is 1.31. The summed E-state index contributed by atoms with van der Waals surface area (Å²) >= 11 is 0. The number of rotatable bonds is 8. The van der Waals surface area contributed by atoms with Crippen molar-refractivity contribution in [3.8, 4) is 11.1 Å². The summed E-state index contributed by atoms with van der Waals surface area (Å²) in [4.78, 5) is 37.9. The molecule has 0 aliphatic heterocycles. The largest absolute Gasteiger partial charge is 0.480 e. The van der Waals surface area contributed by atoms with E-state index in [1.165, 1.54) is 4.90 Å². The van der Waals surface area contributed by atoms with Gasteiger partial charge >= 0.3 is 12.1 Å². The van der Waals surface area contributed by atoms with Gasteiger partial charge in [0.05, 0.1) is 12.0 Å². The van der Waals surface area contributed by atoms with Gasteiger partial charge in [0.15, 0.2) is 0 Å². The van der Waals surface area contributed by atoms with E-state index >= 15 is 0 Å². The number of alkyl carbamates (subject to hydrolysis) is 1. The van der Waals surface area contributed by atoms with Gasteiger partial charge in [-0.3, -0.25) is 9.59 Å². The van der Waals surface area contributed by atoms with Crippen LogP contribution >= 0.6 is 0 Å². The summed E-state index contributed by atoms with van der Waals surface area (Å²) in [6, 6.07) is 16.1. The molecular formula is C26H28N2O6. The molecule has 3 atom stereocenters. The van der Waals surface area contributed by atoms with E-state index < -0.39 is 24.0 Å². The van der Waals surface area contributed by atoms with Gasteiger partial charge in [-0.2, -0.15) is 0 Å². The molecule has 2 aromatic rings. The maximum absolute atomic E-state index is 13.0. The molecule has 0 heterocycles. The van der Waals surface area contributed by atoms with Crippen molar-refractivity contribution in [3.05, 3.63) is 59.7 Å². The second kappa shape index (κ2) is 8.76. The molecule has 178 valence electrons. The fourth-order valence-corrected chi connectivity index (χ4v) is 5.92. The first-order valence-electron chi connectivity index (χ1n) is 11.7. The number of benzene rings is 2. The van der Waals surface area contributed by atoms with Crippen molar-refractivity contribution in [1.82, 2.24) is 10.2 Å². The molecule has 8 heteroatoms. The minimum atomic E-state index is -1.11. The van der Waals surface area contributed by atoms with Crippen LogP contribution in [0.5, 0.6) is 0 Å². The van der Waals surface area contributed by atoms with Crippen molar-refractivity contribution in [1.29, 1.82) is 0 Å². The van der Waals surface area contributed by atoms with E-state index in [9.17, 15) is 19.5 Å². The van der Waals surface area contributed by atoms with Gasteiger partial charge in [-0.1, -0.05) is 48.5 Å². The number of carbonyl (C=O) groups excluding carboxylic acids is 2. The highest BCUT2D eigenvalue weighted by Crippen LogP contribution is 2.64. The number of aliphatic carboxylic acids is 1. The molecule has 0 aromatic heterocycles. The number of fused-ring (bicyclic) bond motifs is 4. The molecule has 0 saturated heterocycles. The molecule has 0 bridgehead atoms. The van der Waals surface area contributed by atoms with Crippen molar-refractivity contribution in [2.75, 3.05) is 26.3 Å². The number of carbonyl (C=O) groups is 3. The second-order valence-electron chi connectivity index (χ2n) is 9.51. The highest BCUT2D eigenvalue weighted by atomic mass is 16.5. The van der Waals surface area contributed by atoms with Crippen LogP contribution in [-0.4, -0.2) is 65.4 Å². The lowest BCUT2D eigenvalue weighted by Crippen LogP contribution is -2.43. The summed E-state index contributed by atoms with van der Waals surface area (Å²) in [6.45, 7) is -0.507. The molecule has 0 spiro atoms. The van der Waals surface area contributed by atoms with Gasteiger partial charge in [-0.25, -0.2) is 4.79 Å². The van der Waals surface area contributed by atoms with Crippen LogP contribution in [0, 0.1) is 11.3 Å². The number of carboxylic acids is 1. The lowest BCUT2D eigenvalue weighted by Gasteiger charge is -2.25. The van der Waals surface area contributed by atoms with E-state index in [1.807, 2.05) is 24.3 Å². The van der Waals surface area contributed by atoms with Crippen molar-refractivity contribution in [3.63, 3.8) is 0 Å². The summed E-state index contributed by atoms with van der Waals surface area (Å²) < 4.78 is 5.63. The number of nitrogens with zero attached hydrogens (tertiary/aromatic N) is 1. The van der Waals surface area contributed by atoms with Crippen molar-refractivity contribution in [2.45, 2.75) is 31.2 Å². The minimum absolute atomic E-state index is 0.00984. The number of carboxylic acid groups (broad SMARTS) is 1. The van der Waals surface area contributed by atoms with Crippen LogP contribution in [0.25, 0.3) is 11.1 Å². The number of amides is 2. The zero-order chi connectivity index (χ0) is 23.9. The number of aliphatic hydroxyl groups is 1. The third-order valence-electron chi connectivity index (χ3n) is 7.49. The van der Waals surface area contributed by atoms with Gasteiger partial charge in [0.25, 0.3) is 0 Å². The number of hydrogen-bond donors (Lipinski definition) is 3. The van der Waals surface area contributed by atoms with Crippen LogP contribution in [0.2, 0.25) is 0 Å². The van der Waals surface area contributed by atoms with E-state index in [1.54, 1.807) is 0 Å². The van der Waals surface area contributed by atoms with E-state index in [0.29, 0.717) is 19.3 Å². The smallest absolute Gasteiger partial charge is 0.407 e. The van der Waals surface area contributed by atoms with Crippen LogP contribution in [0.15, 0.2) is 48.5 Å². The highest BCUT2D eigenvalue weighted by molar-refractivity contribution is 5.89. The fraction of sp³-hybridized carbons (Fsp3) is 0.423. The zero-order valence-electron chi connectivity index (χ0n) is 18.8. The molecule has 34 heavy (non-hydrogen) atoms. The first kappa shape index (κ1) is 22.4. The van der Waals surface area contributed by atoms with Crippen LogP contribution < -0.4 is 5.32 Å². The van der Waals surface area contributed by atoms with Crippen molar-refractivity contribution < 1.29 is 29.3 Å². The Hall–Kier alpha value is -3.39. The fourth-order valence-electron chi connectivity index (χ4n) is 5.92. The van der Waals surface area contributed by atoms with Gasteiger partial charge in [-0.15, -0.1) is 0 Å². The summed E-state index contributed by atoms with van der Waals surface area (Å²) in [5.41, 5.74) is 3.98. The molecule has 0 radical (unpaired) electrons. The predicted octanol–water partition coefficient (Wildman–Crippen LogP) is 2.60. The molecule has 8 nitrogen and oxygen atoms in total. The zero-order valence-corrected chi connectivity index (χ0v) is 18.8. The van der Waals surface area contributed by atoms with Gasteiger partial charge in [-0.05, 0) is 47.4 Å². The first-order chi connectivity index (χ1) is 16.4. The molecule has 2 amide bonds. The number of ether oxygens (including phenoxy) is 1. The minimum Gasteiger partial charge on any atom is -0.480 e. The Labute approximate surface area is 197 Å². The molecule has 3 aliphatic carbocycles. The maximum Gasteiger partial charge on any atom is 0.407 e. The molecule has 3 N–H and O–H groups in total. The van der Waals surface area contributed by atoms with Crippen molar-refractivity contribution >= 4 is 18.0 Å². The lowest BCUT2D eigenvalue weighted by molar-refractivity contribution is -0.147. The van der Waals surface area contributed by atoms with E-state index in [-0.39, 0.29) is 43.5 Å².